The first-order valence-electron chi connectivity index (χ1n) is 9.47. The molecule has 2 heterocycles. The average molecular weight is 416 g/mol. The van der Waals surface area contributed by atoms with Crippen LogP contribution in [0.15, 0.2) is 47.6 Å². The lowest BCUT2D eigenvalue weighted by Gasteiger charge is -2.24. The highest BCUT2D eigenvalue weighted by atomic mass is 32.2. The van der Waals surface area contributed by atoms with Gasteiger partial charge in [-0.05, 0) is 43.2 Å². The van der Waals surface area contributed by atoms with Crippen molar-refractivity contribution >= 4 is 9.84 Å². The minimum Gasteiger partial charge on any atom is -0.492 e. The van der Waals surface area contributed by atoms with Crippen LogP contribution >= 0.6 is 0 Å². The number of β-amino-alcohol motifs (C(OH)–C–C–N with tert-alkyl or cyclic N) is 1. The lowest BCUT2D eigenvalue weighted by Crippen LogP contribution is -2.32. The van der Waals surface area contributed by atoms with Crippen LogP contribution in [0.5, 0.6) is 5.75 Å². The highest BCUT2D eigenvalue weighted by Crippen LogP contribution is 2.27. The van der Waals surface area contributed by atoms with E-state index in [-0.39, 0.29) is 5.03 Å². The summed E-state index contributed by atoms with van der Waals surface area (Å²) in [6.45, 7) is 3.92. The van der Waals surface area contributed by atoms with E-state index in [0.717, 1.165) is 24.8 Å². The van der Waals surface area contributed by atoms with Gasteiger partial charge in [0.15, 0.2) is 14.9 Å². The van der Waals surface area contributed by atoms with E-state index in [1.165, 1.54) is 12.3 Å². The van der Waals surface area contributed by atoms with Gasteiger partial charge in [0.2, 0.25) is 0 Å². The maximum absolute atomic E-state index is 11.5. The van der Waals surface area contributed by atoms with E-state index in [1.807, 2.05) is 6.07 Å². The van der Waals surface area contributed by atoms with Crippen molar-refractivity contribution in [1.29, 1.82) is 5.26 Å². The minimum atomic E-state index is -3.32. The van der Waals surface area contributed by atoms with Crippen LogP contribution in [0.25, 0.3) is 0 Å². The number of rotatable bonds is 7. The van der Waals surface area contributed by atoms with Gasteiger partial charge in [-0.2, -0.15) is 5.26 Å². The number of likely N-dealkylation sites (tertiary alicyclic amines) is 1. The molecule has 0 aliphatic carbocycles. The highest BCUT2D eigenvalue weighted by Gasteiger charge is 2.31. The minimum absolute atomic E-state index is 0.0277. The van der Waals surface area contributed by atoms with Crippen LogP contribution in [-0.4, -0.2) is 55.4 Å². The number of aliphatic hydroxyl groups is 1. The van der Waals surface area contributed by atoms with E-state index in [0.29, 0.717) is 36.4 Å². The van der Waals surface area contributed by atoms with E-state index in [1.54, 1.807) is 24.3 Å². The molecule has 3 rings (SSSR count). The number of hydrogen-bond acceptors (Lipinski definition) is 7. The molecule has 1 saturated heterocycles. The molecule has 7 nitrogen and oxygen atoms in total. The lowest BCUT2D eigenvalue weighted by molar-refractivity contribution is 0.107. The Labute approximate surface area is 171 Å². The predicted molar refractivity (Wildman–Crippen MR) is 108 cm³/mol. The van der Waals surface area contributed by atoms with Crippen molar-refractivity contribution in [3.8, 4) is 11.8 Å². The zero-order chi connectivity index (χ0) is 21.0. The van der Waals surface area contributed by atoms with Crippen LogP contribution in [0.4, 0.5) is 0 Å². The van der Waals surface area contributed by atoms with Gasteiger partial charge in [-0.1, -0.05) is 12.1 Å². The highest BCUT2D eigenvalue weighted by molar-refractivity contribution is 7.90. The topological polar surface area (TPSA) is 104 Å². The summed E-state index contributed by atoms with van der Waals surface area (Å²) in [5, 5.41) is 19.6. The molecule has 154 valence electrons. The standard InChI is InChI=1S/C21H25N3O4S/c1-15-8-17(14-28-19-6-7-21(23-11-19)29(2,26)27)12-24(15)13-20(25)18-5-3-4-16(9-18)10-22/h3-7,9,11,15,17,20,25H,8,12-14H2,1-2H3/t15-,17+,20-/m1/s1. The first-order valence-corrected chi connectivity index (χ1v) is 11.4. The maximum Gasteiger partial charge on any atom is 0.192 e. The summed E-state index contributed by atoms with van der Waals surface area (Å²) >= 11 is 0. The lowest BCUT2D eigenvalue weighted by atomic mass is 10.1. The molecule has 0 unspecified atom stereocenters. The average Bonchev–Trinajstić information content (AvgIpc) is 3.05. The Bertz CT molecular complexity index is 986. The van der Waals surface area contributed by atoms with Crippen molar-refractivity contribution in [3.63, 3.8) is 0 Å². The van der Waals surface area contributed by atoms with E-state index >= 15 is 0 Å². The zero-order valence-corrected chi connectivity index (χ0v) is 17.3. The van der Waals surface area contributed by atoms with E-state index in [4.69, 9.17) is 10.00 Å². The molecule has 1 aliphatic heterocycles. The monoisotopic (exact) mass is 415 g/mol. The van der Waals surface area contributed by atoms with Crippen molar-refractivity contribution in [2.24, 2.45) is 5.92 Å². The summed E-state index contributed by atoms with van der Waals surface area (Å²) in [6.07, 6.45) is 2.84. The van der Waals surface area contributed by atoms with Crippen molar-refractivity contribution < 1.29 is 18.3 Å². The third-order valence-corrected chi connectivity index (χ3v) is 6.17. The number of sulfone groups is 1. The van der Waals surface area contributed by atoms with Crippen molar-refractivity contribution in [2.45, 2.75) is 30.5 Å². The van der Waals surface area contributed by atoms with Gasteiger partial charge in [-0.15, -0.1) is 0 Å². The summed E-state index contributed by atoms with van der Waals surface area (Å²) in [6, 6.07) is 12.5. The van der Waals surface area contributed by atoms with Crippen LogP contribution in [0.3, 0.4) is 0 Å². The number of pyridine rings is 1. The Morgan fingerprint density at radius 1 is 1.38 bits per heavy atom. The Morgan fingerprint density at radius 2 is 2.17 bits per heavy atom. The van der Waals surface area contributed by atoms with Gasteiger partial charge >= 0.3 is 0 Å². The fourth-order valence-corrected chi connectivity index (χ4v) is 4.18. The number of aliphatic hydroxyl groups excluding tert-OH is 1. The fourth-order valence-electron chi connectivity index (χ4n) is 3.62. The number of benzene rings is 1. The molecular weight excluding hydrogens is 390 g/mol. The summed E-state index contributed by atoms with van der Waals surface area (Å²) in [7, 11) is -3.32. The summed E-state index contributed by atoms with van der Waals surface area (Å²) in [4.78, 5) is 6.16. The van der Waals surface area contributed by atoms with Crippen LogP contribution in [0.1, 0.15) is 30.6 Å². The predicted octanol–water partition coefficient (Wildman–Crippen LogP) is 2.18. The molecule has 0 saturated carbocycles. The number of hydrogen-bond donors (Lipinski definition) is 1. The third-order valence-electron chi connectivity index (χ3n) is 5.17. The molecule has 0 radical (unpaired) electrons. The molecule has 8 heteroatoms. The third kappa shape index (κ3) is 5.54. The van der Waals surface area contributed by atoms with Gasteiger partial charge in [0.25, 0.3) is 0 Å². The Morgan fingerprint density at radius 3 is 2.83 bits per heavy atom. The van der Waals surface area contributed by atoms with E-state index < -0.39 is 15.9 Å². The van der Waals surface area contributed by atoms with E-state index in [9.17, 15) is 13.5 Å². The summed E-state index contributed by atoms with van der Waals surface area (Å²) in [5.41, 5.74) is 1.28. The number of aromatic nitrogens is 1. The SMILES string of the molecule is C[C@@H]1C[C@H](COc2ccc(S(C)(=O)=O)nc2)CN1C[C@@H](O)c1cccc(C#N)c1. The second kappa shape index (κ2) is 8.91. The van der Waals surface area contributed by atoms with Gasteiger partial charge in [0.05, 0.1) is 30.5 Å². The maximum atomic E-state index is 11.5. The number of nitriles is 1. The molecule has 3 atom stereocenters. The molecule has 1 aromatic heterocycles. The Balaban J connectivity index is 1.53. The normalized spacial score (nSPS) is 20.9. The van der Waals surface area contributed by atoms with Crippen molar-refractivity contribution in [1.82, 2.24) is 9.88 Å². The van der Waals surface area contributed by atoms with Gasteiger partial charge in [0, 0.05) is 31.3 Å². The van der Waals surface area contributed by atoms with Crippen LogP contribution < -0.4 is 4.74 Å². The quantitative estimate of drug-likeness (QED) is 0.739. The largest absolute Gasteiger partial charge is 0.492 e. The number of ether oxygens (including phenoxy) is 1. The summed E-state index contributed by atoms with van der Waals surface area (Å²) < 4.78 is 28.7. The number of nitrogens with zero attached hydrogens (tertiary/aromatic N) is 3. The molecule has 1 aliphatic rings. The zero-order valence-electron chi connectivity index (χ0n) is 16.5. The van der Waals surface area contributed by atoms with Gasteiger partial charge in [-0.25, -0.2) is 13.4 Å². The van der Waals surface area contributed by atoms with Crippen LogP contribution in [0, 0.1) is 17.2 Å². The first kappa shape index (κ1) is 21.2. The molecule has 2 aromatic rings. The second-order valence-corrected chi connectivity index (χ2v) is 9.54. The van der Waals surface area contributed by atoms with Gasteiger partial charge in [0.1, 0.15) is 5.75 Å². The molecule has 0 amide bonds. The molecule has 1 N–H and O–H groups in total. The van der Waals surface area contributed by atoms with Crippen molar-refractivity contribution in [3.05, 3.63) is 53.7 Å². The molecule has 1 aromatic carbocycles. The first-order chi connectivity index (χ1) is 13.8. The molecule has 0 bridgehead atoms. The molecule has 1 fully saturated rings. The smallest absolute Gasteiger partial charge is 0.192 e. The van der Waals surface area contributed by atoms with Gasteiger partial charge < -0.3 is 9.84 Å². The second-order valence-electron chi connectivity index (χ2n) is 7.57. The Hall–Kier alpha value is -2.47. The van der Waals surface area contributed by atoms with Crippen LogP contribution in [0.2, 0.25) is 0 Å². The fraction of sp³-hybridized carbons (Fsp3) is 0.429. The molecule has 29 heavy (non-hydrogen) atoms. The molecule has 0 spiro atoms. The molecular formula is C21H25N3O4S. The van der Waals surface area contributed by atoms with E-state index in [2.05, 4.69) is 22.9 Å². The summed E-state index contributed by atoms with van der Waals surface area (Å²) in [5.74, 6) is 0.842. The Kier molecular flexibility index (Phi) is 6.52. The van der Waals surface area contributed by atoms with Crippen molar-refractivity contribution in [2.75, 3.05) is 26.0 Å². The van der Waals surface area contributed by atoms with Crippen LogP contribution in [-0.2, 0) is 9.84 Å². The van der Waals surface area contributed by atoms with Gasteiger partial charge in [-0.3, -0.25) is 4.90 Å².